The summed E-state index contributed by atoms with van der Waals surface area (Å²) in [5.41, 5.74) is 0. The van der Waals surface area contributed by atoms with Gasteiger partial charge in [-0.3, -0.25) is 9.59 Å². The molecule has 0 aromatic carbocycles. The van der Waals surface area contributed by atoms with E-state index in [1.165, 1.54) is 19.1 Å². The Kier molecular flexibility index (Phi) is 30.5. The van der Waals surface area contributed by atoms with Crippen molar-refractivity contribution in [3.8, 4) is 0 Å². The van der Waals surface area contributed by atoms with Gasteiger partial charge in [0.1, 0.15) is 67.0 Å². The number of carbonyl (C=O) groups excluding carboxylic acids is 2. The van der Waals surface area contributed by atoms with Crippen LogP contribution in [0.1, 0.15) is 72.6 Å². The maximum atomic E-state index is 13.4. The van der Waals surface area contributed by atoms with Gasteiger partial charge in [0.2, 0.25) is 5.79 Å². The quantitative estimate of drug-likeness (QED) is 0.0972. The second-order valence-corrected chi connectivity index (χ2v) is 23.4. The summed E-state index contributed by atoms with van der Waals surface area (Å²) in [7, 11) is 1.07. The molecule has 5 rings (SSSR count). The van der Waals surface area contributed by atoms with Crippen LogP contribution in [-0.4, -0.2) is 284 Å². The van der Waals surface area contributed by atoms with Gasteiger partial charge in [0.15, 0.2) is 12.6 Å². The molecule has 0 aromatic rings. The molecule has 2 bridgehead atoms. The normalized spacial score (nSPS) is 47.3. The molecule has 28 heteroatoms. The SMILES string of the molecule is COC(=O)[C@H]1[C@@H]2C[C@@H](O[C@@H]3O[C@H](C)[C@@H](O)[C@H](NC[C@@]4(O)OC[C@@H](O)[C@@H](O[C@H]5O[C@H](CO)[C@@H](O)[C@H](O)[C@H]5O)[C@@H]4O)[C@@H]3O)/C=C/C=C/C=C/C=C/C=C/C=C/C=C/[C@H](C)[C@@H](O)[C@@H](C)[C@H](C)OC(=O)C[C@H](O)C[C@H](O)CC[C@@H](O)[C@H](O)C[C@H](O)[C@@H](O)C(C[C@@H]1O)O2. The van der Waals surface area contributed by atoms with Crippen LogP contribution in [0.3, 0.4) is 0 Å². The minimum atomic E-state index is -2.67. The van der Waals surface area contributed by atoms with E-state index in [-0.39, 0.29) is 31.6 Å². The van der Waals surface area contributed by atoms with Crippen molar-refractivity contribution < 1.29 is 134 Å². The third kappa shape index (κ3) is 21.1. The van der Waals surface area contributed by atoms with Gasteiger partial charge >= 0.3 is 11.9 Å². The van der Waals surface area contributed by atoms with Crippen LogP contribution in [0.2, 0.25) is 0 Å². The number of esters is 2. The molecule has 28 nitrogen and oxygen atoms in total. The zero-order valence-electron chi connectivity index (χ0n) is 50.0. The van der Waals surface area contributed by atoms with Gasteiger partial charge in [-0.25, -0.2) is 0 Å². The molecule has 0 aliphatic carbocycles. The monoisotopic (exact) mass is 1260 g/mol. The standard InChI is InChI=1S/C60H95NO27/c1-30-18-16-14-12-10-8-6-7-9-11-13-15-17-19-36(85-58-52(75)47(49(72)33(4)84-58)61-29-60(80)56(78)55(41(69)28-82-60)88-59-54(77)53(76)51(74)44(27-62)87-59)24-42-46(57(79)81-5)39(67)26-43(86-42)50(73)40(68)25-38(66)37(65)21-20-34(63)22-35(64)23-45(70)83-32(3)31(2)48(30)71/h6-19,30-44,46-56,58-59,61-69,71-78,80H,20-29H2,1-5H3/b7-6+,10-8+,11-9+,14-12+,15-13+,18-16+,19-17+/t30-,31-,32-,33+,34+,35+,36-,37+,38+,39-,40-,41+,42-,43?,44+,46+,47-,48+,49+,50+,51+,52-,53-,54+,55+,56-,58-,59+,60+/m0/s1. The minimum absolute atomic E-state index is 0.168. The molecule has 1 unspecified atom stereocenters. The first-order valence-corrected chi connectivity index (χ1v) is 29.8. The average Bonchev–Trinajstić information content (AvgIpc) is 1.56. The molecule has 0 saturated carbocycles. The molecule has 5 aliphatic heterocycles. The van der Waals surface area contributed by atoms with Gasteiger partial charge in [-0.1, -0.05) is 98.9 Å². The number of methoxy groups -OCH3 is 1. The van der Waals surface area contributed by atoms with Gasteiger partial charge in [-0.2, -0.15) is 0 Å². The molecule has 18 N–H and O–H groups in total. The molecule has 0 radical (unpaired) electrons. The van der Waals surface area contributed by atoms with E-state index < -0.39 is 221 Å². The molecule has 0 amide bonds. The fourth-order valence-corrected chi connectivity index (χ4v) is 11.0. The summed E-state index contributed by atoms with van der Waals surface area (Å²) in [5, 5.41) is 189. The Balaban J connectivity index is 1.38. The number of rotatable bonds is 9. The van der Waals surface area contributed by atoms with Crippen molar-refractivity contribution in [3.05, 3.63) is 85.1 Å². The molecule has 4 fully saturated rings. The highest BCUT2D eigenvalue weighted by molar-refractivity contribution is 5.74. The Labute approximate surface area is 511 Å². The Morgan fingerprint density at radius 1 is 0.580 bits per heavy atom. The van der Waals surface area contributed by atoms with Crippen LogP contribution in [0.25, 0.3) is 0 Å². The highest BCUT2D eigenvalue weighted by Gasteiger charge is 2.55. The van der Waals surface area contributed by atoms with Crippen LogP contribution in [0.5, 0.6) is 0 Å². The Morgan fingerprint density at radius 2 is 1.18 bits per heavy atom. The summed E-state index contributed by atoms with van der Waals surface area (Å²) >= 11 is 0. The lowest BCUT2D eigenvalue weighted by Gasteiger charge is -2.48. The third-order valence-corrected chi connectivity index (χ3v) is 16.7. The highest BCUT2D eigenvalue weighted by Crippen LogP contribution is 2.36. The topological polar surface area (TPSA) is 464 Å². The smallest absolute Gasteiger partial charge is 0.313 e. The zero-order chi connectivity index (χ0) is 65.2. The Bertz CT molecular complexity index is 2320. The second-order valence-electron chi connectivity index (χ2n) is 23.4. The van der Waals surface area contributed by atoms with E-state index in [4.69, 9.17) is 37.9 Å². The van der Waals surface area contributed by atoms with Crippen molar-refractivity contribution in [2.75, 3.05) is 26.9 Å². The maximum Gasteiger partial charge on any atom is 0.313 e. The number of cyclic esters (lactones) is 1. The molecule has 29 atom stereocenters. The Morgan fingerprint density at radius 3 is 1.80 bits per heavy atom. The predicted molar refractivity (Wildman–Crippen MR) is 307 cm³/mol. The molecular formula is C60H95NO27. The Hall–Kier alpha value is -3.84. The lowest BCUT2D eigenvalue weighted by atomic mass is 9.83. The van der Waals surface area contributed by atoms with E-state index >= 15 is 0 Å². The first kappa shape index (κ1) is 74.9. The van der Waals surface area contributed by atoms with Gasteiger partial charge in [0.05, 0.1) is 113 Å². The molecule has 5 heterocycles. The first-order chi connectivity index (χ1) is 41.6. The van der Waals surface area contributed by atoms with E-state index in [0.29, 0.717) is 0 Å². The summed E-state index contributed by atoms with van der Waals surface area (Å²) in [4.78, 5) is 26.1. The fraction of sp³-hybridized carbons (Fsp3) is 0.733. The van der Waals surface area contributed by atoms with Gasteiger partial charge in [0.25, 0.3) is 0 Å². The second kappa shape index (κ2) is 35.8. The number of aliphatic hydroxyl groups is 17. The van der Waals surface area contributed by atoms with Gasteiger partial charge in [-0.05, 0) is 33.1 Å². The largest absolute Gasteiger partial charge is 0.469 e. The van der Waals surface area contributed by atoms with Crippen LogP contribution in [-0.2, 0) is 47.5 Å². The molecular weight excluding hydrogens is 1170 g/mol. The molecule has 0 spiro atoms. The summed E-state index contributed by atoms with van der Waals surface area (Å²) in [5.74, 6) is -6.63. The maximum absolute atomic E-state index is 13.4. The van der Waals surface area contributed by atoms with Crippen molar-refractivity contribution in [1.29, 1.82) is 0 Å². The third-order valence-electron chi connectivity index (χ3n) is 16.7. The number of nitrogens with one attached hydrogen (secondary N) is 1. The van der Waals surface area contributed by atoms with E-state index in [9.17, 15) is 96.4 Å². The number of allylic oxidation sites excluding steroid dienone is 12. The van der Waals surface area contributed by atoms with Gasteiger partial charge in [-0.15, -0.1) is 0 Å². The van der Waals surface area contributed by atoms with E-state index in [1.807, 2.05) is 0 Å². The number of ether oxygens (including phenoxy) is 8. The van der Waals surface area contributed by atoms with Gasteiger partial charge in [0, 0.05) is 31.1 Å². The number of fused-ring (bicyclic) bond motifs is 2. The number of hydrogen-bond donors (Lipinski definition) is 18. The van der Waals surface area contributed by atoms with Crippen molar-refractivity contribution in [2.45, 2.75) is 231 Å². The van der Waals surface area contributed by atoms with Crippen LogP contribution in [0.15, 0.2) is 85.1 Å². The van der Waals surface area contributed by atoms with E-state index in [2.05, 4.69) is 5.32 Å². The van der Waals surface area contributed by atoms with Crippen LogP contribution < -0.4 is 5.32 Å². The number of aliphatic hydroxyl groups excluding tert-OH is 16. The van der Waals surface area contributed by atoms with E-state index in [0.717, 1.165) is 7.11 Å². The predicted octanol–water partition coefficient (Wildman–Crippen LogP) is -4.29. The average molecular weight is 1260 g/mol. The molecule has 0 aromatic heterocycles. The fourth-order valence-electron chi connectivity index (χ4n) is 11.0. The summed E-state index contributed by atoms with van der Waals surface area (Å²) in [6.45, 7) is 4.27. The van der Waals surface area contributed by atoms with E-state index in [1.54, 1.807) is 93.7 Å². The number of hydrogen-bond acceptors (Lipinski definition) is 28. The summed E-state index contributed by atoms with van der Waals surface area (Å²) < 4.78 is 45.5. The molecule has 502 valence electrons. The van der Waals surface area contributed by atoms with Crippen molar-refractivity contribution in [2.24, 2.45) is 17.8 Å². The van der Waals surface area contributed by atoms with Crippen LogP contribution >= 0.6 is 0 Å². The van der Waals surface area contributed by atoms with Crippen LogP contribution in [0, 0.1) is 17.8 Å². The molecule has 88 heavy (non-hydrogen) atoms. The molecule has 5 aliphatic rings. The minimum Gasteiger partial charge on any atom is -0.469 e. The van der Waals surface area contributed by atoms with Crippen LogP contribution in [0.4, 0.5) is 0 Å². The number of carbonyl (C=O) groups is 2. The lowest BCUT2D eigenvalue weighted by Crippen LogP contribution is -2.70. The first-order valence-electron chi connectivity index (χ1n) is 29.8. The summed E-state index contributed by atoms with van der Waals surface area (Å²) in [6, 6.07) is -1.46. The highest BCUT2D eigenvalue weighted by atomic mass is 16.7. The summed E-state index contributed by atoms with van der Waals surface area (Å²) in [6.07, 6.45) is -16.3. The zero-order valence-corrected chi connectivity index (χ0v) is 50.0. The van der Waals surface area contributed by atoms with Crippen molar-refractivity contribution >= 4 is 11.9 Å². The molecule has 4 saturated heterocycles. The van der Waals surface area contributed by atoms with Gasteiger partial charge < -0.3 is 130 Å². The van der Waals surface area contributed by atoms with Crippen molar-refractivity contribution in [3.63, 3.8) is 0 Å². The lowest BCUT2D eigenvalue weighted by molar-refractivity contribution is -0.368. The van der Waals surface area contributed by atoms with Crippen molar-refractivity contribution in [1.82, 2.24) is 5.32 Å².